The summed E-state index contributed by atoms with van der Waals surface area (Å²) in [5, 5.41) is 12.2. The van der Waals surface area contributed by atoms with Crippen LogP contribution in [0.3, 0.4) is 0 Å². The molecular formula is C20H19N5O4. The maximum atomic E-state index is 11.0. The number of rotatable bonds is 6. The van der Waals surface area contributed by atoms with E-state index in [4.69, 9.17) is 14.6 Å². The average molecular weight is 393 g/mol. The number of hydrogen-bond acceptors (Lipinski definition) is 8. The summed E-state index contributed by atoms with van der Waals surface area (Å²) >= 11 is 0. The summed E-state index contributed by atoms with van der Waals surface area (Å²) in [5.41, 5.74) is 1.01. The number of hydrogen-bond donors (Lipinski definition) is 2. The maximum absolute atomic E-state index is 11.0. The molecule has 0 radical (unpaired) electrons. The van der Waals surface area contributed by atoms with Crippen LogP contribution in [0.5, 0.6) is 11.8 Å². The number of para-hydroxylation sites is 1. The summed E-state index contributed by atoms with van der Waals surface area (Å²) in [7, 11) is 0. The zero-order chi connectivity index (χ0) is 20.1. The van der Waals surface area contributed by atoms with Gasteiger partial charge in [-0.05, 0) is 36.4 Å². The van der Waals surface area contributed by atoms with Crippen molar-refractivity contribution in [2.75, 3.05) is 36.5 Å². The standard InChI is InChI=1S/C20H19N5O4/c26-17(27)14-6-8-16(9-7-14)29-20-23-18(21-15-4-2-1-3-5-15)22-19(24-20)25-10-12-28-13-11-25/h1-9H,10-13H2,(H,26,27)(H,21,22,23,24). The normalized spacial score (nSPS) is 13.7. The fourth-order valence-corrected chi connectivity index (χ4v) is 2.77. The van der Waals surface area contributed by atoms with Crippen LogP contribution in [-0.2, 0) is 4.74 Å². The van der Waals surface area contributed by atoms with Crippen LogP contribution in [0, 0.1) is 0 Å². The van der Waals surface area contributed by atoms with Crippen LogP contribution in [0.15, 0.2) is 54.6 Å². The number of aromatic nitrogens is 3. The minimum atomic E-state index is -0.999. The van der Waals surface area contributed by atoms with E-state index < -0.39 is 5.97 Å². The number of carboxylic acid groups (broad SMARTS) is 1. The highest BCUT2D eigenvalue weighted by atomic mass is 16.5. The summed E-state index contributed by atoms with van der Waals surface area (Å²) in [6, 6.07) is 15.7. The molecule has 1 aliphatic rings. The molecule has 2 aromatic carbocycles. The molecule has 1 fully saturated rings. The minimum Gasteiger partial charge on any atom is -0.478 e. The largest absolute Gasteiger partial charge is 0.478 e. The quantitative estimate of drug-likeness (QED) is 0.653. The van der Waals surface area contributed by atoms with Crippen LogP contribution in [0.2, 0.25) is 0 Å². The van der Waals surface area contributed by atoms with Crippen molar-refractivity contribution in [3.05, 3.63) is 60.2 Å². The summed E-state index contributed by atoms with van der Waals surface area (Å²) in [5.74, 6) is 0.268. The third kappa shape index (κ3) is 4.77. The number of anilines is 3. The number of nitrogens with one attached hydrogen (secondary N) is 1. The molecule has 2 heterocycles. The van der Waals surface area contributed by atoms with E-state index in [2.05, 4.69) is 20.3 Å². The molecule has 0 unspecified atom stereocenters. The molecule has 1 aliphatic heterocycles. The highest BCUT2D eigenvalue weighted by molar-refractivity contribution is 5.87. The minimum absolute atomic E-state index is 0.114. The van der Waals surface area contributed by atoms with Crippen molar-refractivity contribution < 1.29 is 19.4 Å². The lowest BCUT2D eigenvalue weighted by Gasteiger charge is -2.27. The molecule has 9 heteroatoms. The van der Waals surface area contributed by atoms with E-state index in [1.54, 1.807) is 12.1 Å². The monoisotopic (exact) mass is 393 g/mol. The van der Waals surface area contributed by atoms with E-state index in [0.717, 1.165) is 5.69 Å². The topological polar surface area (TPSA) is 110 Å². The fourth-order valence-electron chi connectivity index (χ4n) is 2.77. The Kier molecular flexibility index (Phi) is 5.48. The molecule has 29 heavy (non-hydrogen) atoms. The molecule has 0 bridgehead atoms. The van der Waals surface area contributed by atoms with Crippen molar-refractivity contribution >= 4 is 23.6 Å². The molecule has 0 saturated carbocycles. The summed E-state index contributed by atoms with van der Waals surface area (Å²) in [4.78, 5) is 26.3. The van der Waals surface area contributed by atoms with Gasteiger partial charge in [0.15, 0.2) is 0 Å². The lowest BCUT2D eigenvalue weighted by molar-refractivity contribution is 0.0697. The second kappa shape index (κ2) is 8.53. The van der Waals surface area contributed by atoms with E-state index in [0.29, 0.717) is 43.9 Å². The van der Waals surface area contributed by atoms with Gasteiger partial charge in [0.2, 0.25) is 11.9 Å². The first-order valence-electron chi connectivity index (χ1n) is 9.09. The summed E-state index contributed by atoms with van der Waals surface area (Å²) < 4.78 is 11.2. The number of aromatic carboxylic acids is 1. The van der Waals surface area contributed by atoms with Gasteiger partial charge in [-0.15, -0.1) is 0 Å². The molecule has 0 atom stereocenters. The molecular weight excluding hydrogens is 374 g/mol. The van der Waals surface area contributed by atoms with E-state index in [9.17, 15) is 4.79 Å². The van der Waals surface area contributed by atoms with Crippen LogP contribution in [0.4, 0.5) is 17.6 Å². The highest BCUT2D eigenvalue weighted by Crippen LogP contribution is 2.23. The molecule has 9 nitrogen and oxygen atoms in total. The summed E-state index contributed by atoms with van der Waals surface area (Å²) in [6.45, 7) is 2.53. The first kappa shape index (κ1) is 18.6. The van der Waals surface area contributed by atoms with Gasteiger partial charge in [-0.1, -0.05) is 18.2 Å². The van der Waals surface area contributed by atoms with Gasteiger partial charge in [-0.25, -0.2) is 4.79 Å². The smallest absolute Gasteiger partial charge is 0.335 e. The van der Waals surface area contributed by atoms with Crippen LogP contribution in [-0.4, -0.2) is 52.3 Å². The molecule has 4 rings (SSSR count). The van der Waals surface area contributed by atoms with E-state index in [1.165, 1.54) is 12.1 Å². The predicted molar refractivity (Wildman–Crippen MR) is 106 cm³/mol. The van der Waals surface area contributed by atoms with Crippen LogP contribution < -0.4 is 15.0 Å². The van der Waals surface area contributed by atoms with Gasteiger partial charge < -0.3 is 24.8 Å². The average Bonchev–Trinajstić information content (AvgIpc) is 2.75. The van der Waals surface area contributed by atoms with Gasteiger partial charge in [0.05, 0.1) is 18.8 Å². The van der Waals surface area contributed by atoms with Gasteiger partial charge in [0.25, 0.3) is 0 Å². The van der Waals surface area contributed by atoms with Crippen molar-refractivity contribution in [3.8, 4) is 11.8 Å². The summed E-state index contributed by atoms with van der Waals surface area (Å²) in [6.07, 6.45) is 0. The Morgan fingerprint density at radius 2 is 1.72 bits per heavy atom. The molecule has 1 saturated heterocycles. The number of carbonyl (C=O) groups is 1. The van der Waals surface area contributed by atoms with Crippen molar-refractivity contribution in [1.82, 2.24) is 15.0 Å². The zero-order valence-electron chi connectivity index (χ0n) is 15.5. The Labute approximate surface area is 167 Å². The third-order valence-corrected chi connectivity index (χ3v) is 4.24. The molecule has 0 spiro atoms. The second-order valence-electron chi connectivity index (χ2n) is 6.26. The lowest BCUT2D eigenvalue weighted by atomic mass is 10.2. The third-order valence-electron chi connectivity index (χ3n) is 4.24. The van der Waals surface area contributed by atoms with Gasteiger partial charge in [-0.3, -0.25) is 0 Å². The number of nitrogens with zero attached hydrogens (tertiary/aromatic N) is 4. The van der Waals surface area contributed by atoms with Gasteiger partial charge in [-0.2, -0.15) is 15.0 Å². The van der Waals surface area contributed by atoms with Gasteiger partial charge in [0, 0.05) is 18.8 Å². The van der Waals surface area contributed by atoms with E-state index in [1.807, 2.05) is 35.2 Å². The van der Waals surface area contributed by atoms with Crippen molar-refractivity contribution in [2.45, 2.75) is 0 Å². The van der Waals surface area contributed by atoms with Crippen LogP contribution in [0.25, 0.3) is 0 Å². The highest BCUT2D eigenvalue weighted by Gasteiger charge is 2.18. The number of morpholine rings is 1. The van der Waals surface area contributed by atoms with E-state index >= 15 is 0 Å². The van der Waals surface area contributed by atoms with Gasteiger partial charge >= 0.3 is 12.0 Å². The maximum Gasteiger partial charge on any atom is 0.335 e. The predicted octanol–water partition coefficient (Wildman–Crippen LogP) is 2.94. The molecule has 148 valence electrons. The Morgan fingerprint density at radius 3 is 2.41 bits per heavy atom. The first-order chi connectivity index (χ1) is 14.2. The molecule has 0 amide bonds. The molecule has 1 aromatic heterocycles. The fraction of sp³-hybridized carbons (Fsp3) is 0.200. The van der Waals surface area contributed by atoms with E-state index in [-0.39, 0.29) is 11.6 Å². The Hall–Kier alpha value is -3.72. The zero-order valence-corrected chi connectivity index (χ0v) is 15.5. The lowest BCUT2D eigenvalue weighted by Crippen LogP contribution is -2.37. The second-order valence-corrected chi connectivity index (χ2v) is 6.26. The number of benzene rings is 2. The van der Waals surface area contributed by atoms with Crippen molar-refractivity contribution in [2.24, 2.45) is 0 Å². The Bertz CT molecular complexity index is 976. The molecule has 2 N–H and O–H groups in total. The molecule has 0 aliphatic carbocycles. The number of carboxylic acids is 1. The first-order valence-corrected chi connectivity index (χ1v) is 9.09. The van der Waals surface area contributed by atoms with Crippen LogP contribution >= 0.6 is 0 Å². The SMILES string of the molecule is O=C(O)c1ccc(Oc2nc(Nc3ccccc3)nc(N3CCOCC3)n2)cc1. The van der Waals surface area contributed by atoms with Crippen molar-refractivity contribution in [3.63, 3.8) is 0 Å². The number of ether oxygens (including phenoxy) is 2. The van der Waals surface area contributed by atoms with Crippen LogP contribution in [0.1, 0.15) is 10.4 Å². The Balaban J connectivity index is 1.62. The molecule has 3 aromatic rings. The Morgan fingerprint density at radius 1 is 1.00 bits per heavy atom. The van der Waals surface area contributed by atoms with Crippen molar-refractivity contribution in [1.29, 1.82) is 0 Å². The van der Waals surface area contributed by atoms with Gasteiger partial charge in [0.1, 0.15) is 5.75 Å².